The van der Waals surface area contributed by atoms with Gasteiger partial charge in [-0.25, -0.2) is 4.39 Å². The van der Waals surface area contributed by atoms with Gasteiger partial charge in [0.15, 0.2) is 0 Å². The fourth-order valence-corrected chi connectivity index (χ4v) is 2.30. The summed E-state index contributed by atoms with van der Waals surface area (Å²) in [5, 5.41) is 3.68. The van der Waals surface area contributed by atoms with Crippen LogP contribution in [0.3, 0.4) is 0 Å². The Morgan fingerprint density at radius 2 is 2.05 bits per heavy atom. The smallest absolute Gasteiger partial charge is 0.142 e. The fraction of sp³-hybridized carbons (Fsp3) is 0.625. The molecule has 2 unspecified atom stereocenters. The van der Waals surface area contributed by atoms with Crippen molar-refractivity contribution in [2.75, 3.05) is 6.54 Å². The highest BCUT2D eigenvalue weighted by Gasteiger charge is 2.11. The summed E-state index contributed by atoms with van der Waals surface area (Å²) in [6.07, 6.45) is 4.98. The number of rotatable bonds is 8. The van der Waals surface area contributed by atoms with Crippen molar-refractivity contribution < 1.29 is 4.39 Å². The maximum Gasteiger partial charge on any atom is 0.142 e. The Kier molecular flexibility index (Phi) is 7.40. The van der Waals surface area contributed by atoms with Crippen molar-refractivity contribution in [3.8, 4) is 0 Å². The van der Waals surface area contributed by atoms with E-state index in [9.17, 15) is 4.39 Å². The molecule has 19 heavy (non-hydrogen) atoms. The number of nitrogens with one attached hydrogen (secondary N) is 1. The van der Waals surface area contributed by atoms with Gasteiger partial charge in [0.25, 0.3) is 0 Å². The second kappa shape index (κ2) is 8.55. The molecule has 1 rings (SSSR count). The highest BCUT2D eigenvalue weighted by molar-refractivity contribution is 6.30. The van der Waals surface area contributed by atoms with Gasteiger partial charge in [-0.15, -0.1) is 0 Å². The summed E-state index contributed by atoms with van der Waals surface area (Å²) in [7, 11) is 0. The molecule has 0 aliphatic rings. The monoisotopic (exact) mass is 285 g/mol. The molecule has 0 saturated carbocycles. The Hall–Kier alpha value is -0.600. The first-order chi connectivity index (χ1) is 9.08. The molecule has 0 amide bonds. The van der Waals surface area contributed by atoms with Gasteiger partial charge in [-0.05, 0) is 43.5 Å². The molecule has 0 radical (unpaired) electrons. The van der Waals surface area contributed by atoms with Crippen molar-refractivity contribution in [2.24, 2.45) is 5.92 Å². The van der Waals surface area contributed by atoms with E-state index in [2.05, 4.69) is 26.1 Å². The summed E-state index contributed by atoms with van der Waals surface area (Å²) in [4.78, 5) is 0. The van der Waals surface area contributed by atoms with Gasteiger partial charge >= 0.3 is 0 Å². The maximum atomic E-state index is 13.4. The molecule has 108 valence electrons. The summed E-state index contributed by atoms with van der Waals surface area (Å²) in [5.41, 5.74) is 0.951. The Morgan fingerprint density at radius 3 is 2.63 bits per heavy atom. The topological polar surface area (TPSA) is 12.0 Å². The third-order valence-corrected chi connectivity index (χ3v) is 4.01. The SMILES string of the molecule is CCCCC(CC)CNC(C)c1ccc(Cl)c(F)c1. The van der Waals surface area contributed by atoms with Crippen LogP contribution < -0.4 is 5.32 Å². The van der Waals surface area contributed by atoms with E-state index in [1.165, 1.54) is 31.7 Å². The predicted molar refractivity (Wildman–Crippen MR) is 81.1 cm³/mol. The quantitative estimate of drug-likeness (QED) is 0.679. The first-order valence-electron chi connectivity index (χ1n) is 7.26. The fourth-order valence-electron chi connectivity index (χ4n) is 2.19. The van der Waals surface area contributed by atoms with Crippen LogP contribution in [0, 0.1) is 11.7 Å². The van der Waals surface area contributed by atoms with Crippen LogP contribution in [-0.2, 0) is 0 Å². The molecule has 1 aromatic rings. The van der Waals surface area contributed by atoms with Crippen molar-refractivity contribution in [3.63, 3.8) is 0 Å². The minimum absolute atomic E-state index is 0.155. The molecule has 2 atom stereocenters. The van der Waals surface area contributed by atoms with Crippen molar-refractivity contribution >= 4 is 11.6 Å². The number of hydrogen-bond donors (Lipinski definition) is 1. The Bertz CT molecular complexity index is 381. The van der Waals surface area contributed by atoms with Gasteiger partial charge in [0.2, 0.25) is 0 Å². The Labute approximate surface area is 121 Å². The van der Waals surface area contributed by atoms with Gasteiger partial charge < -0.3 is 5.32 Å². The van der Waals surface area contributed by atoms with E-state index in [0.29, 0.717) is 5.92 Å². The van der Waals surface area contributed by atoms with Crippen LogP contribution in [0.4, 0.5) is 4.39 Å². The summed E-state index contributed by atoms with van der Waals surface area (Å²) in [5.74, 6) is 0.366. The van der Waals surface area contributed by atoms with E-state index in [1.807, 2.05) is 6.07 Å². The zero-order valence-electron chi connectivity index (χ0n) is 12.2. The largest absolute Gasteiger partial charge is 0.310 e. The van der Waals surface area contributed by atoms with Crippen molar-refractivity contribution in [1.82, 2.24) is 5.32 Å². The van der Waals surface area contributed by atoms with Crippen LogP contribution in [0.2, 0.25) is 5.02 Å². The average Bonchev–Trinajstić information content (AvgIpc) is 2.41. The van der Waals surface area contributed by atoms with Gasteiger partial charge in [-0.2, -0.15) is 0 Å². The van der Waals surface area contributed by atoms with Crippen molar-refractivity contribution in [2.45, 2.75) is 52.5 Å². The first-order valence-corrected chi connectivity index (χ1v) is 7.64. The van der Waals surface area contributed by atoms with Gasteiger partial charge in [-0.1, -0.05) is 50.8 Å². The zero-order chi connectivity index (χ0) is 14.3. The second-order valence-electron chi connectivity index (χ2n) is 5.22. The van der Waals surface area contributed by atoms with Gasteiger partial charge in [-0.3, -0.25) is 0 Å². The predicted octanol–water partition coefficient (Wildman–Crippen LogP) is 5.35. The molecular weight excluding hydrogens is 261 g/mol. The van der Waals surface area contributed by atoms with Crippen molar-refractivity contribution in [3.05, 3.63) is 34.6 Å². The zero-order valence-corrected chi connectivity index (χ0v) is 12.9. The van der Waals surface area contributed by atoms with Crippen LogP contribution in [0.1, 0.15) is 58.1 Å². The van der Waals surface area contributed by atoms with E-state index in [1.54, 1.807) is 6.07 Å². The molecule has 0 heterocycles. The number of halogens is 2. The summed E-state index contributed by atoms with van der Waals surface area (Å²) in [6.45, 7) is 7.50. The number of benzene rings is 1. The molecular formula is C16H25ClFN. The first kappa shape index (κ1) is 16.5. The summed E-state index contributed by atoms with van der Waals surface area (Å²) < 4.78 is 13.4. The maximum absolute atomic E-state index is 13.4. The summed E-state index contributed by atoms with van der Waals surface area (Å²) in [6, 6.07) is 5.18. The molecule has 3 heteroatoms. The minimum Gasteiger partial charge on any atom is -0.310 e. The highest BCUT2D eigenvalue weighted by atomic mass is 35.5. The van der Waals surface area contributed by atoms with Gasteiger partial charge in [0.1, 0.15) is 5.82 Å². The Morgan fingerprint density at radius 1 is 1.32 bits per heavy atom. The molecule has 1 aromatic carbocycles. The van der Waals surface area contributed by atoms with E-state index in [4.69, 9.17) is 11.6 Å². The lowest BCUT2D eigenvalue weighted by molar-refractivity contribution is 0.398. The third kappa shape index (κ3) is 5.50. The third-order valence-electron chi connectivity index (χ3n) is 3.70. The molecule has 0 aliphatic carbocycles. The van der Waals surface area contributed by atoms with Crippen LogP contribution >= 0.6 is 11.6 Å². The van der Waals surface area contributed by atoms with Crippen LogP contribution in [0.5, 0.6) is 0 Å². The van der Waals surface area contributed by atoms with Crippen LogP contribution in [-0.4, -0.2) is 6.54 Å². The van der Waals surface area contributed by atoms with E-state index in [0.717, 1.165) is 12.1 Å². The lowest BCUT2D eigenvalue weighted by Crippen LogP contribution is -2.25. The van der Waals surface area contributed by atoms with Gasteiger partial charge in [0.05, 0.1) is 5.02 Å². The van der Waals surface area contributed by atoms with Crippen LogP contribution in [0.25, 0.3) is 0 Å². The molecule has 0 aromatic heterocycles. The molecule has 0 bridgehead atoms. The minimum atomic E-state index is -0.342. The van der Waals surface area contributed by atoms with E-state index in [-0.39, 0.29) is 16.9 Å². The highest BCUT2D eigenvalue weighted by Crippen LogP contribution is 2.21. The molecule has 1 N–H and O–H groups in total. The second-order valence-corrected chi connectivity index (χ2v) is 5.63. The number of unbranched alkanes of at least 4 members (excludes halogenated alkanes) is 1. The van der Waals surface area contributed by atoms with Gasteiger partial charge in [0, 0.05) is 6.04 Å². The van der Waals surface area contributed by atoms with Crippen molar-refractivity contribution in [1.29, 1.82) is 0 Å². The average molecular weight is 286 g/mol. The number of hydrogen-bond acceptors (Lipinski definition) is 1. The van der Waals surface area contributed by atoms with Crippen LogP contribution in [0.15, 0.2) is 18.2 Å². The van der Waals surface area contributed by atoms with E-state index < -0.39 is 0 Å². The normalized spacial score (nSPS) is 14.4. The molecule has 0 spiro atoms. The molecule has 0 fully saturated rings. The molecule has 1 nitrogen and oxygen atoms in total. The molecule has 0 aliphatic heterocycles. The summed E-state index contributed by atoms with van der Waals surface area (Å²) >= 11 is 5.70. The molecule has 0 saturated heterocycles. The lowest BCUT2D eigenvalue weighted by atomic mass is 9.98. The Balaban J connectivity index is 2.49. The standard InChI is InChI=1S/C16H25ClFN/c1-4-6-7-13(5-2)11-19-12(3)14-8-9-15(17)16(18)10-14/h8-10,12-13,19H,4-7,11H2,1-3H3. The van der Waals surface area contributed by atoms with E-state index >= 15 is 0 Å². The lowest BCUT2D eigenvalue weighted by Gasteiger charge is -2.20.